The van der Waals surface area contributed by atoms with Crippen molar-refractivity contribution in [2.24, 2.45) is 15.7 Å². The van der Waals surface area contributed by atoms with Crippen LogP contribution in [0.25, 0.3) is 0 Å². The van der Waals surface area contributed by atoms with E-state index in [0.717, 1.165) is 0 Å². The maximum atomic E-state index is 11.5. The highest BCUT2D eigenvalue weighted by Gasteiger charge is 1.99. The van der Waals surface area contributed by atoms with Gasteiger partial charge >= 0.3 is 0 Å². The van der Waals surface area contributed by atoms with Gasteiger partial charge in [0.05, 0.1) is 0 Å². The molecule has 0 spiro atoms. The van der Waals surface area contributed by atoms with Gasteiger partial charge in [-0.2, -0.15) is 4.99 Å². The van der Waals surface area contributed by atoms with Crippen LogP contribution in [0, 0.1) is 0 Å². The molecule has 0 unspecified atom stereocenters. The summed E-state index contributed by atoms with van der Waals surface area (Å²) in [5.74, 6) is 0. The molecule has 0 rings (SSSR count). The quantitative estimate of drug-likeness (QED) is 0.470. The number of alkyl halides is 2. The summed E-state index contributed by atoms with van der Waals surface area (Å²) in [6.07, 6.45) is -2.46. The zero-order valence-electron chi connectivity index (χ0n) is 5.27. The van der Waals surface area contributed by atoms with E-state index in [1.165, 1.54) is 0 Å². The van der Waals surface area contributed by atoms with Gasteiger partial charge in [0.1, 0.15) is 6.54 Å². The SMILES string of the molecule is NC(Br)=NC(Br)=NCC(F)F. The van der Waals surface area contributed by atoms with Crippen molar-refractivity contribution in [1.29, 1.82) is 0 Å². The molecule has 0 saturated heterocycles. The molecule has 0 aliphatic rings. The summed E-state index contributed by atoms with van der Waals surface area (Å²) in [6.45, 7) is -0.579. The van der Waals surface area contributed by atoms with Crippen LogP contribution in [-0.4, -0.2) is 22.5 Å². The number of nitrogens with two attached hydrogens (primary N) is 1. The van der Waals surface area contributed by atoms with Crippen molar-refractivity contribution in [3.63, 3.8) is 0 Å². The van der Waals surface area contributed by atoms with Crippen molar-refractivity contribution < 1.29 is 8.78 Å². The van der Waals surface area contributed by atoms with Crippen molar-refractivity contribution in [3.8, 4) is 0 Å². The van der Waals surface area contributed by atoms with Crippen LogP contribution >= 0.6 is 31.9 Å². The fourth-order valence-electron chi connectivity index (χ4n) is 0.268. The highest BCUT2D eigenvalue weighted by molar-refractivity contribution is 9.19. The summed E-state index contributed by atoms with van der Waals surface area (Å²) in [4.78, 5) is 6.84. The van der Waals surface area contributed by atoms with Gasteiger partial charge in [0.15, 0.2) is 9.49 Å². The lowest BCUT2D eigenvalue weighted by Gasteiger charge is -1.92. The Hall–Kier alpha value is -0.0400. The van der Waals surface area contributed by atoms with Crippen molar-refractivity contribution in [3.05, 3.63) is 0 Å². The standard InChI is InChI=1S/C4H5Br2F2N3/c5-3(9)11-4(6)10-1-2(7)8/h2H,1H2,(H2,9,10,11). The minimum atomic E-state index is -2.46. The van der Waals surface area contributed by atoms with Gasteiger partial charge in [-0.1, -0.05) is 0 Å². The predicted octanol–water partition coefficient (Wildman–Crippen LogP) is 1.71. The molecule has 0 amide bonds. The van der Waals surface area contributed by atoms with Gasteiger partial charge in [-0.25, -0.2) is 8.78 Å². The van der Waals surface area contributed by atoms with Crippen molar-refractivity contribution in [2.75, 3.05) is 6.54 Å². The third kappa shape index (κ3) is 7.86. The van der Waals surface area contributed by atoms with Gasteiger partial charge in [0, 0.05) is 0 Å². The maximum Gasteiger partial charge on any atom is 0.257 e. The van der Waals surface area contributed by atoms with Crippen LogP contribution in [-0.2, 0) is 0 Å². The number of amidine groups is 2. The number of hydrogen-bond acceptors (Lipinski definition) is 1. The average Bonchev–Trinajstić information content (AvgIpc) is 1.82. The molecule has 3 nitrogen and oxygen atoms in total. The maximum absolute atomic E-state index is 11.5. The van der Waals surface area contributed by atoms with E-state index in [1.54, 1.807) is 0 Å². The molecule has 0 radical (unpaired) electrons. The number of nitrogens with zero attached hydrogens (tertiary/aromatic N) is 2. The Labute approximate surface area is 79.0 Å². The second-order valence-electron chi connectivity index (χ2n) is 1.44. The second-order valence-corrected chi connectivity index (χ2v) is 2.96. The normalized spacial score (nSPS) is 14.3. The van der Waals surface area contributed by atoms with E-state index in [9.17, 15) is 8.78 Å². The Morgan fingerprint density at radius 2 is 2.00 bits per heavy atom. The van der Waals surface area contributed by atoms with Crippen LogP contribution in [0.15, 0.2) is 9.98 Å². The fraction of sp³-hybridized carbons (Fsp3) is 0.500. The summed E-state index contributed by atoms with van der Waals surface area (Å²) in [5, 5.41) is 0. The van der Waals surface area contributed by atoms with Crippen LogP contribution < -0.4 is 5.73 Å². The van der Waals surface area contributed by atoms with Crippen LogP contribution in [0.1, 0.15) is 0 Å². The van der Waals surface area contributed by atoms with E-state index in [1.807, 2.05) is 0 Å². The number of hydrogen-bond donors (Lipinski definition) is 1. The van der Waals surface area contributed by atoms with Crippen LogP contribution in [0.5, 0.6) is 0 Å². The van der Waals surface area contributed by atoms with Crippen LogP contribution in [0.3, 0.4) is 0 Å². The van der Waals surface area contributed by atoms with Gasteiger partial charge in [-0.05, 0) is 31.9 Å². The summed E-state index contributed by atoms with van der Waals surface area (Å²) in [7, 11) is 0. The van der Waals surface area contributed by atoms with Crippen molar-refractivity contribution in [2.45, 2.75) is 6.43 Å². The zero-order valence-corrected chi connectivity index (χ0v) is 8.44. The van der Waals surface area contributed by atoms with E-state index in [-0.39, 0.29) is 9.49 Å². The molecule has 0 fully saturated rings. The topological polar surface area (TPSA) is 50.7 Å². The van der Waals surface area contributed by atoms with Gasteiger partial charge in [-0.3, -0.25) is 4.99 Å². The first-order chi connectivity index (χ1) is 5.02. The second kappa shape index (κ2) is 5.59. The monoisotopic (exact) mass is 291 g/mol. The molecule has 7 heteroatoms. The highest BCUT2D eigenvalue weighted by atomic mass is 79.9. The smallest absolute Gasteiger partial charge is 0.257 e. The third-order valence-electron chi connectivity index (χ3n) is 0.559. The molecule has 0 aromatic rings. The number of aliphatic imine (C=N–C) groups is 2. The van der Waals surface area contributed by atoms with Crippen LogP contribution in [0.4, 0.5) is 8.78 Å². The molecule has 0 bridgehead atoms. The Morgan fingerprint density at radius 1 is 1.45 bits per heavy atom. The third-order valence-corrected chi connectivity index (χ3v) is 1.16. The first kappa shape index (κ1) is 11.0. The van der Waals surface area contributed by atoms with Crippen LogP contribution in [0.2, 0.25) is 0 Å². The van der Waals surface area contributed by atoms with E-state index < -0.39 is 13.0 Å². The number of halogens is 4. The van der Waals surface area contributed by atoms with Gasteiger partial charge in [0.2, 0.25) is 0 Å². The summed E-state index contributed by atoms with van der Waals surface area (Å²) < 4.78 is 23.2. The molecule has 0 atom stereocenters. The van der Waals surface area contributed by atoms with Crippen molar-refractivity contribution in [1.82, 2.24) is 0 Å². The zero-order chi connectivity index (χ0) is 8.85. The lowest BCUT2D eigenvalue weighted by atomic mass is 10.7. The Morgan fingerprint density at radius 3 is 2.36 bits per heavy atom. The molecule has 0 aromatic heterocycles. The molecule has 64 valence electrons. The molecule has 0 aromatic carbocycles. The fourth-order valence-corrected chi connectivity index (χ4v) is 1.01. The van der Waals surface area contributed by atoms with Gasteiger partial charge in [-0.15, -0.1) is 0 Å². The Balaban J connectivity index is 3.92. The Kier molecular flexibility index (Phi) is 5.57. The predicted molar refractivity (Wildman–Crippen MR) is 47.8 cm³/mol. The number of rotatable bonds is 2. The van der Waals surface area contributed by atoms with E-state index in [0.29, 0.717) is 0 Å². The summed E-state index contributed by atoms with van der Waals surface area (Å²) in [6, 6.07) is 0. The van der Waals surface area contributed by atoms with E-state index in [2.05, 4.69) is 41.8 Å². The molecule has 0 aliphatic heterocycles. The molecular weight excluding hydrogens is 288 g/mol. The molecule has 0 heterocycles. The molecule has 11 heavy (non-hydrogen) atoms. The van der Waals surface area contributed by atoms with E-state index >= 15 is 0 Å². The average molecular weight is 293 g/mol. The lowest BCUT2D eigenvalue weighted by molar-refractivity contribution is 0.159. The first-order valence-electron chi connectivity index (χ1n) is 2.50. The molecule has 2 N–H and O–H groups in total. The van der Waals surface area contributed by atoms with Gasteiger partial charge < -0.3 is 5.73 Å². The minimum absolute atomic E-state index is 0.0483. The first-order valence-corrected chi connectivity index (χ1v) is 4.08. The Bertz CT molecular complexity index is 176. The van der Waals surface area contributed by atoms with E-state index in [4.69, 9.17) is 5.73 Å². The summed E-state index contributed by atoms with van der Waals surface area (Å²) in [5.41, 5.74) is 5.07. The highest BCUT2D eigenvalue weighted by Crippen LogP contribution is 1.98. The van der Waals surface area contributed by atoms with Gasteiger partial charge in [0.25, 0.3) is 6.43 Å². The summed E-state index contributed by atoms with van der Waals surface area (Å²) >= 11 is 5.64. The minimum Gasteiger partial charge on any atom is -0.378 e. The lowest BCUT2D eigenvalue weighted by Crippen LogP contribution is -2.04. The largest absolute Gasteiger partial charge is 0.378 e. The molecule has 0 saturated carbocycles. The van der Waals surface area contributed by atoms with Crippen molar-refractivity contribution >= 4 is 41.3 Å². The molecule has 0 aliphatic carbocycles. The molecular formula is C4H5Br2F2N3.